The number of benzene rings is 1. The second-order valence-electron chi connectivity index (χ2n) is 5.10. The molecule has 2 unspecified atom stereocenters. The van der Waals surface area contributed by atoms with Crippen LogP contribution >= 0.6 is 0 Å². The Balaban J connectivity index is 2.12. The summed E-state index contributed by atoms with van der Waals surface area (Å²) >= 11 is 0. The first-order chi connectivity index (χ1) is 9.11. The number of hydrogen-bond donors (Lipinski definition) is 2. The van der Waals surface area contributed by atoms with Gasteiger partial charge in [0, 0.05) is 23.6 Å². The highest BCUT2D eigenvalue weighted by molar-refractivity contribution is 5.96. The molecule has 1 aromatic carbocycles. The van der Waals surface area contributed by atoms with E-state index in [-0.39, 0.29) is 12.5 Å². The molecule has 0 spiro atoms. The quantitative estimate of drug-likeness (QED) is 0.812. The van der Waals surface area contributed by atoms with Gasteiger partial charge in [0.1, 0.15) is 0 Å². The molecule has 2 N–H and O–H groups in total. The Kier molecular flexibility index (Phi) is 4.24. The zero-order chi connectivity index (χ0) is 13.8. The normalized spacial score (nSPS) is 20.4. The number of amides is 1. The van der Waals surface area contributed by atoms with Crippen molar-refractivity contribution in [2.75, 3.05) is 6.61 Å². The summed E-state index contributed by atoms with van der Waals surface area (Å²) < 4.78 is 0. The maximum Gasteiger partial charge on any atom is 0.251 e. The summed E-state index contributed by atoms with van der Waals surface area (Å²) in [5.74, 6) is 6.40. The molecule has 2 atom stereocenters. The molecule has 2 rings (SSSR count). The summed E-state index contributed by atoms with van der Waals surface area (Å²) in [5, 5.41) is 11.7. The van der Waals surface area contributed by atoms with Crippen LogP contribution in [0.2, 0.25) is 0 Å². The molecule has 1 saturated carbocycles. The highest BCUT2D eigenvalue weighted by atomic mass is 16.2. The van der Waals surface area contributed by atoms with Crippen LogP contribution in [0.4, 0.5) is 0 Å². The van der Waals surface area contributed by atoms with E-state index in [9.17, 15) is 4.79 Å². The zero-order valence-electron chi connectivity index (χ0n) is 11.4. The van der Waals surface area contributed by atoms with Crippen LogP contribution in [0.15, 0.2) is 18.2 Å². The molecule has 19 heavy (non-hydrogen) atoms. The second kappa shape index (κ2) is 5.90. The molecule has 3 nitrogen and oxygen atoms in total. The second-order valence-corrected chi connectivity index (χ2v) is 5.10. The molecule has 1 fully saturated rings. The first kappa shape index (κ1) is 13.6. The van der Waals surface area contributed by atoms with E-state index in [1.54, 1.807) is 0 Å². The number of carbonyl (C=O) groups excluding carboxylic acids is 1. The highest BCUT2D eigenvalue weighted by Gasteiger charge is 2.34. The predicted octanol–water partition coefficient (Wildman–Crippen LogP) is 1.87. The van der Waals surface area contributed by atoms with Gasteiger partial charge in [0.15, 0.2) is 0 Å². The number of hydrogen-bond acceptors (Lipinski definition) is 2. The van der Waals surface area contributed by atoms with Crippen LogP contribution in [-0.2, 0) is 0 Å². The third-order valence-corrected chi connectivity index (χ3v) is 3.38. The van der Waals surface area contributed by atoms with Gasteiger partial charge in [-0.1, -0.05) is 24.8 Å². The summed E-state index contributed by atoms with van der Waals surface area (Å²) in [6.45, 7) is 4.12. The monoisotopic (exact) mass is 257 g/mol. The number of carbonyl (C=O) groups is 1. The third kappa shape index (κ3) is 3.59. The van der Waals surface area contributed by atoms with Crippen molar-refractivity contribution < 1.29 is 9.90 Å². The van der Waals surface area contributed by atoms with E-state index in [1.807, 2.05) is 25.1 Å². The molecule has 1 aliphatic carbocycles. The van der Waals surface area contributed by atoms with Gasteiger partial charge >= 0.3 is 0 Å². The van der Waals surface area contributed by atoms with Gasteiger partial charge in [-0.25, -0.2) is 0 Å². The Hall–Kier alpha value is -1.79. The van der Waals surface area contributed by atoms with E-state index < -0.39 is 0 Å². The molecule has 0 heterocycles. The van der Waals surface area contributed by atoms with E-state index in [4.69, 9.17) is 5.11 Å². The minimum Gasteiger partial charge on any atom is -0.395 e. The lowest BCUT2D eigenvalue weighted by atomic mass is 10.0. The number of nitrogens with one attached hydrogen (secondary N) is 1. The SMILES string of the molecule is Cc1ccc(C#CCCO)cc1C(=O)NC1CC1C. The van der Waals surface area contributed by atoms with Gasteiger partial charge in [-0.05, 0) is 37.0 Å². The van der Waals surface area contributed by atoms with Crippen molar-refractivity contribution in [3.8, 4) is 11.8 Å². The molecule has 1 aliphatic rings. The first-order valence-corrected chi connectivity index (χ1v) is 6.63. The molecule has 0 saturated heterocycles. The van der Waals surface area contributed by atoms with Crippen molar-refractivity contribution in [2.45, 2.75) is 32.7 Å². The largest absolute Gasteiger partial charge is 0.395 e. The molecule has 0 radical (unpaired) electrons. The number of rotatable bonds is 3. The zero-order valence-corrected chi connectivity index (χ0v) is 11.4. The van der Waals surface area contributed by atoms with Crippen molar-refractivity contribution in [1.82, 2.24) is 5.32 Å². The fourth-order valence-corrected chi connectivity index (χ4v) is 1.93. The maximum absolute atomic E-state index is 12.1. The van der Waals surface area contributed by atoms with Crippen LogP contribution in [0.1, 0.15) is 41.3 Å². The van der Waals surface area contributed by atoms with Gasteiger partial charge in [0.25, 0.3) is 5.91 Å². The summed E-state index contributed by atoms with van der Waals surface area (Å²) in [7, 11) is 0. The number of aryl methyl sites for hydroxylation is 1. The van der Waals surface area contributed by atoms with Gasteiger partial charge in [0.05, 0.1) is 6.61 Å². The molecule has 0 aromatic heterocycles. The average molecular weight is 257 g/mol. The lowest BCUT2D eigenvalue weighted by molar-refractivity contribution is 0.0948. The minimum absolute atomic E-state index is 0.0161. The summed E-state index contributed by atoms with van der Waals surface area (Å²) in [4.78, 5) is 12.1. The predicted molar refractivity (Wildman–Crippen MR) is 74.8 cm³/mol. The Morgan fingerprint density at radius 2 is 2.26 bits per heavy atom. The highest BCUT2D eigenvalue weighted by Crippen LogP contribution is 2.29. The Morgan fingerprint density at radius 1 is 1.53 bits per heavy atom. The van der Waals surface area contributed by atoms with Crippen molar-refractivity contribution in [1.29, 1.82) is 0 Å². The van der Waals surface area contributed by atoms with Crippen LogP contribution in [0.5, 0.6) is 0 Å². The number of aliphatic hydroxyl groups excluding tert-OH is 1. The van der Waals surface area contributed by atoms with Crippen molar-refractivity contribution in [3.05, 3.63) is 34.9 Å². The Bertz CT molecular complexity index is 539. The smallest absolute Gasteiger partial charge is 0.251 e. The fourth-order valence-electron chi connectivity index (χ4n) is 1.93. The van der Waals surface area contributed by atoms with Gasteiger partial charge in [0.2, 0.25) is 0 Å². The van der Waals surface area contributed by atoms with Crippen molar-refractivity contribution >= 4 is 5.91 Å². The molecule has 1 amide bonds. The lowest BCUT2D eigenvalue weighted by Crippen LogP contribution is -2.27. The fraction of sp³-hybridized carbons (Fsp3) is 0.438. The van der Waals surface area contributed by atoms with Crippen molar-refractivity contribution in [2.24, 2.45) is 5.92 Å². The molecule has 3 heteroatoms. The third-order valence-electron chi connectivity index (χ3n) is 3.38. The molecule has 0 aliphatic heterocycles. The van der Waals surface area contributed by atoms with Crippen LogP contribution in [0.3, 0.4) is 0 Å². The van der Waals surface area contributed by atoms with Gasteiger partial charge in [-0.3, -0.25) is 4.79 Å². The van der Waals surface area contributed by atoms with Gasteiger partial charge < -0.3 is 10.4 Å². The van der Waals surface area contributed by atoms with E-state index in [1.165, 1.54) is 0 Å². The molecule has 1 aromatic rings. The Morgan fingerprint density at radius 3 is 2.89 bits per heavy atom. The molecule has 0 bridgehead atoms. The van der Waals surface area contributed by atoms with Crippen LogP contribution in [-0.4, -0.2) is 23.7 Å². The maximum atomic E-state index is 12.1. The van der Waals surface area contributed by atoms with E-state index in [0.717, 1.165) is 17.5 Å². The van der Waals surface area contributed by atoms with Gasteiger partial charge in [-0.2, -0.15) is 0 Å². The number of aliphatic hydroxyl groups is 1. The van der Waals surface area contributed by atoms with E-state index in [0.29, 0.717) is 23.9 Å². The summed E-state index contributed by atoms with van der Waals surface area (Å²) in [5.41, 5.74) is 2.46. The average Bonchev–Trinajstić information content (AvgIpc) is 3.07. The van der Waals surface area contributed by atoms with E-state index >= 15 is 0 Å². The first-order valence-electron chi connectivity index (χ1n) is 6.63. The van der Waals surface area contributed by atoms with Crippen LogP contribution in [0, 0.1) is 24.7 Å². The topological polar surface area (TPSA) is 49.3 Å². The lowest BCUT2D eigenvalue weighted by Gasteiger charge is -2.07. The van der Waals surface area contributed by atoms with Crippen LogP contribution in [0.25, 0.3) is 0 Å². The molecule has 100 valence electrons. The van der Waals surface area contributed by atoms with E-state index in [2.05, 4.69) is 24.1 Å². The van der Waals surface area contributed by atoms with Gasteiger partial charge in [-0.15, -0.1) is 0 Å². The molecular formula is C16H19NO2. The summed E-state index contributed by atoms with van der Waals surface area (Å²) in [6.07, 6.45) is 1.52. The Labute approximate surface area is 114 Å². The summed E-state index contributed by atoms with van der Waals surface area (Å²) in [6, 6.07) is 5.96. The molecular weight excluding hydrogens is 238 g/mol. The van der Waals surface area contributed by atoms with Crippen LogP contribution < -0.4 is 5.32 Å². The minimum atomic E-state index is -0.0161. The standard InChI is InChI=1S/C16H19NO2/c1-11-6-7-13(5-3-4-8-18)10-14(11)16(19)17-15-9-12(15)2/h6-7,10,12,15,18H,4,8-9H2,1-2H3,(H,17,19). The van der Waals surface area contributed by atoms with Crippen molar-refractivity contribution in [3.63, 3.8) is 0 Å².